The molecule has 0 aliphatic rings. The second kappa shape index (κ2) is 5.17. The third-order valence-electron chi connectivity index (χ3n) is 3.30. The average molecular weight is 266 g/mol. The maximum absolute atomic E-state index is 12.2. The van der Waals surface area contributed by atoms with Gasteiger partial charge in [0, 0.05) is 5.56 Å². The first-order valence-corrected chi connectivity index (χ1v) is 6.65. The number of hydrogen-bond donors (Lipinski definition) is 1. The van der Waals surface area contributed by atoms with E-state index in [0.29, 0.717) is 5.56 Å². The number of nitrogens with zero attached hydrogens (tertiary/aromatic N) is 2. The van der Waals surface area contributed by atoms with E-state index in [1.807, 2.05) is 48.8 Å². The number of nitrogens with one attached hydrogen (secondary N) is 1. The molecule has 1 heterocycles. The summed E-state index contributed by atoms with van der Waals surface area (Å²) >= 11 is 0. The molecule has 0 saturated carbocycles. The summed E-state index contributed by atoms with van der Waals surface area (Å²) in [5.74, 6) is -0.116. The lowest BCUT2D eigenvalue weighted by Gasteiger charge is -2.00. The lowest BCUT2D eigenvalue weighted by atomic mass is 10.2. The van der Waals surface area contributed by atoms with Crippen LogP contribution < -0.4 is 9.99 Å². The normalized spacial score (nSPS) is 10.7. The molecule has 0 spiro atoms. The number of carbonyl (C=O) groups is 1. The standard InChI is InChI=1S/C16H15N3O/c1-2-18-12-19(15-11-7-6-10-14(15)18)17-16(20)13-8-4-3-5-9-13/h3-12H,2H2,1H3/p+1. The first kappa shape index (κ1) is 12.4. The van der Waals surface area contributed by atoms with Crippen LogP contribution in [0.15, 0.2) is 60.9 Å². The molecule has 0 fully saturated rings. The van der Waals surface area contributed by atoms with Crippen molar-refractivity contribution in [1.82, 2.24) is 4.68 Å². The van der Waals surface area contributed by atoms with Crippen molar-refractivity contribution in [3.8, 4) is 0 Å². The fourth-order valence-electron chi connectivity index (χ4n) is 2.28. The lowest BCUT2D eigenvalue weighted by Crippen LogP contribution is -2.31. The largest absolute Gasteiger partial charge is 0.286 e. The van der Waals surface area contributed by atoms with Gasteiger partial charge in [-0.1, -0.05) is 30.3 Å². The smallest absolute Gasteiger partial charge is 0.266 e. The molecule has 4 heteroatoms. The van der Waals surface area contributed by atoms with Crippen molar-refractivity contribution in [3.63, 3.8) is 0 Å². The van der Waals surface area contributed by atoms with Crippen molar-refractivity contribution >= 4 is 16.9 Å². The number of rotatable bonds is 3. The van der Waals surface area contributed by atoms with Crippen LogP contribution in [0.2, 0.25) is 0 Å². The van der Waals surface area contributed by atoms with Crippen LogP contribution in [0.1, 0.15) is 17.3 Å². The Morgan fingerprint density at radius 1 is 1.10 bits per heavy atom. The lowest BCUT2D eigenvalue weighted by molar-refractivity contribution is -0.668. The molecule has 100 valence electrons. The third-order valence-corrected chi connectivity index (χ3v) is 3.30. The zero-order chi connectivity index (χ0) is 13.9. The minimum absolute atomic E-state index is 0.116. The molecule has 20 heavy (non-hydrogen) atoms. The Morgan fingerprint density at radius 3 is 2.55 bits per heavy atom. The molecule has 0 unspecified atom stereocenters. The van der Waals surface area contributed by atoms with Crippen LogP contribution in [0.4, 0.5) is 0 Å². The number of aryl methyl sites for hydroxylation is 1. The van der Waals surface area contributed by atoms with E-state index < -0.39 is 0 Å². The molecule has 1 amide bonds. The number of fused-ring (bicyclic) bond motifs is 1. The molecule has 3 rings (SSSR count). The highest BCUT2D eigenvalue weighted by Gasteiger charge is 2.16. The van der Waals surface area contributed by atoms with Crippen molar-refractivity contribution in [1.29, 1.82) is 0 Å². The van der Waals surface area contributed by atoms with Crippen molar-refractivity contribution in [3.05, 3.63) is 66.5 Å². The zero-order valence-electron chi connectivity index (χ0n) is 11.3. The molecule has 0 atom stereocenters. The van der Waals surface area contributed by atoms with Gasteiger partial charge >= 0.3 is 0 Å². The topological polar surface area (TPSA) is 37.9 Å². The maximum atomic E-state index is 12.2. The minimum Gasteiger partial charge on any atom is -0.266 e. The summed E-state index contributed by atoms with van der Waals surface area (Å²) < 4.78 is 3.87. The molecule has 0 aliphatic heterocycles. The molecule has 2 aromatic carbocycles. The van der Waals surface area contributed by atoms with Gasteiger partial charge in [-0.2, -0.15) is 5.43 Å². The van der Waals surface area contributed by atoms with Crippen LogP contribution in [0.5, 0.6) is 0 Å². The fraction of sp³-hybridized carbons (Fsp3) is 0.125. The molecule has 0 bridgehead atoms. The maximum Gasteiger partial charge on any atom is 0.286 e. The predicted molar refractivity (Wildman–Crippen MR) is 77.9 cm³/mol. The summed E-state index contributed by atoms with van der Waals surface area (Å²) in [6.07, 6.45) is 1.91. The minimum atomic E-state index is -0.116. The molecule has 0 aliphatic carbocycles. The van der Waals surface area contributed by atoms with Gasteiger partial charge in [-0.15, -0.1) is 4.68 Å². The van der Waals surface area contributed by atoms with Crippen LogP contribution in [-0.4, -0.2) is 10.6 Å². The molecular formula is C16H16N3O+. The highest BCUT2D eigenvalue weighted by molar-refractivity contribution is 6.00. The van der Waals surface area contributed by atoms with E-state index in [-0.39, 0.29) is 5.91 Å². The molecule has 0 saturated heterocycles. The molecular weight excluding hydrogens is 250 g/mol. The van der Waals surface area contributed by atoms with Gasteiger partial charge < -0.3 is 0 Å². The number of imidazole rings is 1. The number of para-hydroxylation sites is 2. The van der Waals surface area contributed by atoms with Crippen LogP contribution in [0.25, 0.3) is 11.0 Å². The summed E-state index contributed by atoms with van der Waals surface area (Å²) in [7, 11) is 0. The van der Waals surface area contributed by atoms with Gasteiger partial charge in [-0.05, 0) is 31.2 Å². The second-order valence-electron chi connectivity index (χ2n) is 4.57. The number of aromatic nitrogens is 2. The van der Waals surface area contributed by atoms with Crippen molar-refractivity contribution < 1.29 is 9.36 Å². The van der Waals surface area contributed by atoms with Gasteiger partial charge in [0.1, 0.15) is 0 Å². The molecule has 4 nitrogen and oxygen atoms in total. The van der Waals surface area contributed by atoms with Gasteiger partial charge in [0.15, 0.2) is 11.0 Å². The van der Waals surface area contributed by atoms with Crippen LogP contribution in [-0.2, 0) is 6.54 Å². The Morgan fingerprint density at radius 2 is 1.80 bits per heavy atom. The monoisotopic (exact) mass is 266 g/mol. The van der Waals surface area contributed by atoms with Gasteiger partial charge in [0.25, 0.3) is 12.2 Å². The summed E-state index contributed by atoms with van der Waals surface area (Å²) in [6, 6.07) is 17.2. The van der Waals surface area contributed by atoms with E-state index in [0.717, 1.165) is 17.6 Å². The molecule has 1 N–H and O–H groups in total. The summed E-state index contributed by atoms with van der Waals surface area (Å²) in [6.45, 7) is 2.94. The summed E-state index contributed by atoms with van der Waals surface area (Å²) in [5.41, 5.74) is 5.64. The Kier molecular flexibility index (Phi) is 3.21. The first-order valence-electron chi connectivity index (χ1n) is 6.65. The predicted octanol–water partition coefficient (Wildman–Crippen LogP) is 2.33. The Hall–Kier alpha value is -2.62. The highest BCUT2D eigenvalue weighted by atomic mass is 16.2. The highest BCUT2D eigenvalue weighted by Crippen LogP contribution is 2.09. The quantitative estimate of drug-likeness (QED) is 0.726. The van der Waals surface area contributed by atoms with Crippen LogP contribution in [0.3, 0.4) is 0 Å². The van der Waals surface area contributed by atoms with Crippen LogP contribution >= 0.6 is 0 Å². The summed E-state index contributed by atoms with van der Waals surface area (Å²) in [5, 5.41) is 0. The summed E-state index contributed by atoms with van der Waals surface area (Å²) in [4.78, 5) is 12.2. The van der Waals surface area contributed by atoms with Crippen molar-refractivity contribution in [2.75, 3.05) is 5.43 Å². The van der Waals surface area contributed by atoms with Gasteiger partial charge in [-0.3, -0.25) is 4.79 Å². The number of hydrogen-bond acceptors (Lipinski definition) is 1. The fourth-order valence-corrected chi connectivity index (χ4v) is 2.28. The van der Waals surface area contributed by atoms with Gasteiger partial charge in [0.05, 0.1) is 6.54 Å². The SMILES string of the molecule is CC[n+]1cn(NC(=O)c2ccccc2)c2ccccc21. The van der Waals surface area contributed by atoms with Gasteiger partial charge in [0.2, 0.25) is 0 Å². The average Bonchev–Trinajstić information content (AvgIpc) is 2.86. The Balaban J connectivity index is 1.97. The van der Waals surface area contributed by atoms with Gasteiger partial charge in [-0.25, -0.2) is 4.57 Å². The molecule has 0 radical (unpaired) electrons. The van der Waals surface area contributed by atoms with E-state index in [1.165, 1.54) is 0 Å². The number of carbonyl (C=O) groups excluding carboxylic acids is 1. The van der Waals surface area contributed by atoms with Crippen LogP contribution in [0, 0.1) is 0 Å². The van der Waals surface area contributed by atoms with E-state index in [9.17, 15) is 4.79 Å². The van der Waals surface area contributed by atoms with E-state index in [1.54, 1.807) is 16.8 Å². The number of amides is 1. The number of benzene rings is 2. The second-order valence-corrected chi connectivity index (χ2v) is 4.57. The zero-order valence-corrected chi connectivity index (χ0v) is 11.3. The third kappa shape index (κ3) is 2.16. The van der Waals surface area contributed by atoms with E-state index >= 15 is 0 Å². The Bertz CT molecular complexity index is 747. The molecule has 3 aromatic rings. The van der Waals surface area contributed by atoms with E-state index in [4.69, 9.17) is 0 Å². The molecule has 1 aromatic heterocycles. The first-order chi connectivity index (χ1) is 9.79. The van der Waals surface area contributed by atoms with E-state index in [2.05, 4.69) is 16.9 Å². The van der Waals surface area contributed by atoms with Crippen molar-refractivity contribution in [2.45, 2.75) is 13.5 Å². The van der Waals surface area contributed by atoms with Crippen molar-refractivity contribution in [2.24, 2.45) is 0 Å². The Labute approximate surface area is 117 Å².